The van der Waals surface area contributed by atoms with Crippen LogP contribution in [0.25, 0.3) is 0 Å². The Morgan fingerprint density at radius 2 is 0.750 bits per heavy atom. The van der Waals surface area contributed by atoms with E-state index in [1.807, 2.05) is 97.1 Å². The molecule has 0 saturated heterocycles. The van der Waals surface area contributed by atoms with E-state index in [0.29, 0.717) is 39.6 Å². The molecular formula is C50H66Cl2N4O4. The van der Waals surface area contributed by atoms with Crippen molar-refractivity contribution in [2.24, 2.45) is 5.73 Å². The third-order valence-corrected chi connectivity index (χ3v) is 8.28. The monoisotopic (exact) mass is 856 g/mol. The molecule has 0 unspecified atom stereocenters. The molecular weight excluding hydrogens is 791 g/mol. The van der Waals surface area contributed by atoms with Crippen molar-refractivity contribution in [2.45, 2.75) is 39.5 Å². The number of hydrogen-bond donors (Lipinski definition) is 4. The molecule has 324 valence electrons. The summed E-state index contributed by atoms with van der Waals surface area (Å²) in [7, 11) is 0. The van der Waals surface area contributed by atoms with Gasteiger partial charge in [0.25, 0.3) is 0 Å². The first-order valence-electron chi connectivity index (χ1n) is 20.3. The lowest BCUT2D eigenvalue weighted by atomic mass is 10.2. The molecule has 0 aliphatic rings. The lowest BCUT2D eigenvalue weighted by Gasteiger charge is -2.06. The highest BCUT2D eigenvalue weighted by Gasteiger charge is 1.97. The van der Waals surface area contributed by atoms with Gasteiger partial charge in [0.2, 0.25) is 0 Å². The molecule has 0 saturated carbocycles. The van der Waals surface area contributed by atoms with Crippen LogP contribution >= 0.6 is 0 Å². The van der Waals surface area contributed by atoms with Gasteiger partial charge < -0.3 is 65.9 Å². The van der Waals surface area contributed by atoms with Gasteiger partial charge in [0.15, 0.2) is 0 Å². The molecule has 6 aromatic rings. The van der Waals surface area contributed by atoms with Gasteiger partial charge in [-0.3, -0.25) is 0 Å². The third-order valence-electron chi connectivity index (χ3n) is 8.28. The average Bonchev–Trinajstić information content (AvgIpc) is 3.29. The van der Waals surface area contributed by atoms with E-state index in [2.05, 4.69) is 101 Å². The molecule has 8 N–H and O–H groups in total. The summed E-state index contributed by atoms with van der Waals surface area (Å²) in [6.07, 6.45) is 0. The van der Waals surface area contributed by atoms with E-state index in [4.69, 9.17) is 24.7 Å². The zero-order valence-corrected chi connectivity index (χ0v) is 36.5. The maximum absolute atomic E-state index is 5.63. The Hall–Kier alpha value is -4.42. The predicted octanol–water partition coefficient (Wildman–Crippen LogP) is 0.575. The van der Waals surface area contributed by atoms with Crippen molar-refractivity contribution in [3.05, 3.63) is 215 Å². The predicted molar refractivity (Wildman–Crippen MR) is 236 cm³/mol. The van der Waals surface area contributed by atoms with E-state index in [1.165, 1.54) is 33.4 Å². The molecule has 0 spiro atoms. The summed E-state index contributed by atoms with van der Waals surface area (Å²) in [6, 6.07) is 61.7. The SMILES string of the molecule is NCCOCc1ccccc1.[Cl-].[Cl-].[NH3+]CCOCc1ccccc1.c1ccc(CNCCOCc2ccccc2)cc1.c1ccc(C[NH2+]CCOCc2ccccc2)cc1. The molecule has 0 aromatic heterocycles. The van der Waals surface area contributed by atoms with Crippen molar-refractivity contribution in [3.8, 4) is 0 Å². The first kappa shape index (κ1) is 53.6. The molecule has 6 aromatic carbocycles. The minimum absolute atomic E-state index is 0. The van der Waals surface area contributed by atoms with Crippen LogP contribution in [0.15, 0.2) is 182 Å². The van der Waals surface area contributed by atoms with Crippen LogP contribution in [0.2, 0.25) is 0 Å². The van der Waals surface area contributed by atoms with E-state index < -0.39 is 0 Å². The van der Waals surface area contributed by atoms with Crippen LogP contribution in [0.1, 0.15) is 33.4 Å². The summed E-state index contributed by atoms with van der Waals surface area (Å²) in [5, 5.41) is 5.64. The molecule has 0 aliphatic carbocycles. The number of hydrogen-bond acceptors (Lipinski definition) is 6. The van der Waals surface area contributed by atoms with Crippen LogP contribution in [0.4, 0.5) is 0 Å². The van der Waals surface area contributed by atoms with E-state index in [9.17, 15) is 0 Å². The first-order valence-corrected chi connectivity index (χ1v) is 20.3. The van der Waals surface area contributed by atoms with E-state index >= 15 is 0 Å². The van der Waals surface area contributed by atoms with E-state index in [-0.39, 0.29) is 24.8 Å². The highest BCUT2D eigenvalue weighted by atomic mass is 35.5. The van der Waals surface area contributed by atoms with Gasteiger partial charge in [0.05, 0.1) is 65.9 Å². The van der Waals surface area contributed by atoms with Crippen molar-refractivity contribution in [1.82, 2.24) is 5.32 Å². The van der Waals surface area contributed by atoms with Gasteiger partial charge in [0.1, 0.15) is 6.54 Å². The Labute approximate surface area is 371 Å². The summed E-state index contributed by atoms with van der Waals surface area (Å²) in [5.41, 5.74) is 16.5. The zero-order valence-electron chi connectivity index (χ0n) is 35.0. The van der Waals surface area contributed by atoms with E-state index in [0.717, 1.165) is 52.5 Å². The van der Waals surface area contributed by atoms with Crippen LogP contribution in [0, 0.1) is 0 Å². The second-order valence-corrected chi connectivity index (χ2v) is 13.2. The normalized spacial score (nSPS) is 9.90. The van der Waals surface area contributed by atoms with Crippen LogP contribution in [0.3, 0.4) is 0 Å². The Bertz CT molecular complexity index is 1530. The van der Waals surface area contributed by atoms with Gasteiger partial charge >= 0.3 is 0 Å². The molecule has 0 aliphatic heterocycles. The van der Waals surface area contributed by atoms with Crippen molar-refractivity contribution in [3.63, 3.8) is 0 Å². The summed E-state index contributed by atoms with van der Waals surface area (Å²) >= 11 is 0. The molecule has 0 atom stereocenters. The molecule has 8 nitrogen and oxygen atoms in total. The van der Waals surface area contributed by atoms with Gasteiger partial charge in [0, 0.05) is 25.2 Å². The molecule has 0 bridgehead atoms. The molecule has 0 radical (unpaired) electrons. The topological polar surface area (TPSA) is 119 Å². The Kier molecular flexibility index (Phi) is 34.6. The van der Waals surface area contributed by atoms with Gasteiger partial charge in [-0.2, -0.15) is 0 Å². The Balaban J connectivity index is 0.000000406. The maximum Gasteiger partial charge on any atom is 0.101 e. The number of ether oxygens (including phenoxy) is 4. The Morgan fingerprint density at radius 3 is 1.13 bits per heavy atom. The summed E-state index contributed by atoms with van der Waals surface area (Å²) in [6.45, 7) is 10.9. The Morgan fingerprint density at radius 1 is 0.417 bits per heavy atom. The highest BCUT2D eigenvalue weighted by Crippen LogP contribution is 2.03. The van der Waals surface area contributed by atoms with Crippen LogP contribution in [-0.4, -0.2) is 52.6 Å². The minimum atomic E-state index is 0. The number of nitrogens with two attached hydrogens (primary N) is 2. The molecule has 60 heavy (non-hydrogen) atoms. The molecule has 10 heteroatoms. The quantitative estimate of drug-likeness (QED) is 0.0743. The molecule has 0 heterocycles. The average molecular weight is 858 g/mol. The highest BCUT2D eigenvalue weighted by molar-refractivity contribution is 5.17. The fourth-order valence-electron chi connectivity index (χ4n) is 5.26. The number of benzene rings is 6. The van der Waals surface area contributed by atoms with Gasteiger partial charge in [-0.25, -0.2) is 0 Å². The number of rotatable bonds is 22. The van der Waals surface area contributed by atoms with Crippen molar-refractivity contribution in [1.29, 1.82) is 0 Å². The fourth-order valence-corrected chi connectivity index (χ4v) is 5.26. The lowest BCUT2D eigenvalue weighted by Crippen LogP contribution is -3.00. The standard InChI is InChI=1S/2C16H19NO.2C9H13NO.2ClH/c2*1-3-7-15(8-4-1)13-17-11-12-18-14-16-9-5-2-6-10-16;2*10-6-7-11-8-9-4-2-1-3-5-9;;/h2*1-10,17H,11-14H2;2*1-5H,6-8,10H2;2*1H. The van der Waals surface area contributed by atoms with Crippen molar-refractivity contribution >= 4 is 0 Å². The van der Waals surface area contributed by atoms with Crippen molar-refractivity contribution in [2.75, 3.05) is 52.6 Å². The lowest BCUT2D eigenvalue weighted by molar-refractivity contribution is -0.672. The van der Waals surface area contributed by atoms with Crippen LogP contribution in [-0.2, 0) is 58.5 Å². The summed E-state index contributed by atoms with van der Waals surface area (Å²) in [5.74, 6) is 0. The van der Waals surface area contributed by atoms with Crippen LogP contribution < -0.4 is 46.9 Å². The maximum atomic E-state index is 5.63. The minimum Gasteiger partial charge on any atom is -1.00 e. The van der Waals surface area contributed by atoms with Gasteiger partial charge in [-0.05, 0) is 27.8 Å². The third kappa shape index (κ3) is 28.9. The smallest absolute Gasteiger partial charge is 0.101 e. The summed E-state index contributed by atoms with van der Waals surface area (Å²) in [4.78, 5) is 0. The van der Waals surface area contributed by atoms with Gasteiger partial charge in [-0.15, -0.1) is 0 Å². The molecule has 0 fully saturated rings. The van der Waals surface area contributed by atoms with Gasteiger partial charge in [-0.1, -0.05) is 182 Å². The number of nitrogens with one attached hydrogen (secondary N) is 1. The summed E-state index contributed by atoms with van der Waals surface area (Å²) < 4.78 is 21.8. The number of halogens is 2. The molecule has 0 amide bonds. The largest absolute Gasteiger partial charge is 1.00 e. The second kappa shape index (κ2) is 38.8. The molecule has 6 rings (SSSR count). The van der Waals surface area contributed by atoms with E-state index in [1.54, 1.807) is 0 Å². The number of quaternary nitrogens is 2. The van der Waals surface area contributed by atoms with Crippen molar-refractivity contribution < 1.29 is 54.8 Å². The van der Waals surface area contributed by atoms with Crippen LogP contribution in [0.5, 0.6) is 0 Å². The first-order chi connectivity index (χ1) is 28.8. The fraction of sp³-hybridized carbons (Fsp3) is 0.280. The second-order valence-electron chi connectivity index (χ2n) is 13.2. The zero-order chi connectivity index (χ0) is 40.8.